The van der Waals surface area contributed by atoms with Crippen molar-refractivity contribution >= 4 is 22.8 Å². The Labute approximate surface area is 125 Å². The molecular formula is C14H25N3O2S. The molecule has 1 fully saturated rings. The van der Waals surface area contributed by atoms with E-state index >= 15 is 0 Å². The number of carbonyl (C=O) groups excluding carboxylic acids is 1. The second kappa shape index (κ2) is 7.31. The highest BCUT2D eigenvalue weighted by molar-refractivity contribution is 8.13. The average Bonchev–Trinajstić information content (AvgIpc) is 2.47. The van der Waals surface area contributed by atoms with E-state index in [4.69, 9.17) is 9.73 Å². The monoisotopic (exact) mass is 299 g/mol. The van der Waals surface area contributed by atoms with Crippen LogP contribution in [0.15, 0.2) is 4.99 Å². The first-order valence-corrected chi connectivity index (χ1v) is 8.40. The molecule has 114 valence electrons. The van der Waals surface area contributed by atoms with Crippen LogP contribution >= 0.6 is 11.8 Å². The summed E-state index contributed by atoms with van der Waals surface area (Å²) in [5.41, 5.74) is 0. The Morgan fingerprint density at radius 3 is 2.75 bits per heavy atom. The van der Waals surface area contributed by atoms with Crippen molar-refractivity contribution in [3.05, 3.63) is 0 Å². The molecule has 1 amide bonds. The number of ether oxygens (including phenoxy) is 1. The fourth-order valence-electron chi connectivity index (χ4n) is 2.39. The van der Waals surface area contributed by atoms with Crippen molar-refractivity contribution in [2.45, 2.75) is 39.3 Å². The topological polar surface area (TPSA) is 53.9 Å². The van der Waals surface area contributed by atoms with Crippen LogP contribution in [-0.2, 0) is 9.53 Å². The second-order valence-electron chi connectivity index (χ2n) is 5.69. The highest BCUT2D eigenvalue weighted by Gasteiger charge is 2.25. The van der Waals surface area contributed by atoms with Crippen molar-refractivity contribution in [3.8, 4) is 0 Å². The summed E-state index contributed by atoms with van der Waals surface area (Å²) < 4.78 is 5.28. The van der Waals surface area contributed by atoms with E-state index < -0.39 is 0 Å². The lowest BCUT2D eigenvalue weighted by Crippen LogP contribution is -2.50. The molecule has 2 atom stereocenters. The molecule has 1 saturated heterocycles. The lowest BCUT2D eigenvalue weighted by Gasteiger charge is -2.31. The van der Waals surface area contributed by atoms with Crippen LogP contribution in [-0.4, -0.2) is 60.1 Å². The van der Waals surface area contributed by atoms with Gasteiger partial charge in [0.2, 0.25) is 5.91 Å². The van der Waals surface area contributed by atoms with E-state index in [0.717, 1.165) is 17.3 Å². The number of morpholine rings is 1. The molecule has 0 aliphatic carbocycles. The number of aliphatic imine (C=N–C) groups is 1. The summed E-state index contributed by atoms with van der Waals surface area (Å²) in [6.07, 6.45) is 1.12. The smallest absolute Gasteiger partial charge is 0.244 e. The van der Waals surface area contributed by atoms with E-state index in [1.807, 2.05) is 11.8 Å². The molecule has 0 spiro atoms. The van der Waals surface area contributed by atoms with Gasteiger partial charge in [0.1, 0.15) is 6.04 Å². The number of carbonyl (C=O) groups is 1. The lowest BCUT2D eigenvalue weighted by atomic mass is 10.0. The minimum Gasteiger partial charge on any atom is -0.378 e. The predicted octanol–water partition coefficient (Wildman–Crippen LogP) is 1.34. The number of thioether (sulfide) groups is 1. The van der Waals surface area contributed by atoms with Gasteiger partial charge < -0.3 is 15.0 Å². The summed E-state index contributed by atoms with van der Waals surface area (Å²) in [5, 5.41) is 4.20. The maximum atomic E-state index is 12.3. The fraction of sp³-hybridized carbons (Fsp3) is 0.857. The first-order valence-electron chi connectivity index (χ1n) is 7.41. The van der Waals surface area contributed by atoms with E-state index in [1.165, 1.54) is 0 Å². The van der Waals surface area contributed by atoms with Gasteiger partial charge in [-0.15, -0.1) is 0 Å². The summed E-state index contributed by atoms with van der Waals surface area (Å²) in [6, 6.07) is 0.162. The molecule has 0 aromatic rings. The Kier molecular flexibility index (Phi) is 5.72. The number of amides is 1. The Morgan fingerprint density at radius 1 is 1.40 bits per heavy atom. The van der Waals surface area contributed by atoms with Gasteiger partial charge in [0.05, 0.1) is 19.3 Å². The van der Waals surface area contributed by atoms with Crippen molar-refractivity contribution in [2.24, 2.45) is 10.9 Å². The number of hydrogen-bond donors (Lipinski definition) is 1. The van der Waals surface area contributed by atoms with Gasteiger partial charge in [-0.25, -0.2) is 0 Å². The molecule has 6 heteroatoms. The van der Waals surface area contributed by atoms with E-state index in [-0.39, 0.29) is 11.9 Å². The van der Waals surface area contributed by atoms with Gasteiger partial charge in [0, 0.05) is 18.8 Å². The zero-order valence-corrected chi connectivity index (χ0v) is 13.4. The van der Waals surface area contributed by atoms with Crippen molar-refractivity contribution in [1.29, 1.82) is 0 Å². The van der Waals surface area contributed by atoms with Gasteiger partial charge in [-0.05, 0) is 19.3 Å². The number of nitrogens with one attached hydrogen (secondary N) is 1. The highest BCUT2D eigenvalue weighted by atomic mass is 32.2. The molecule has 0 bridgehead atoms. The van der Waals surface area contributed by atoms with Gasteiger partial charge in [-0.3, -0.25) is 9.79 Å². The molecule has 2 unspecified atom stereocenters. The summed E-state index contributed by atoms with van der Waals surface area (Å²) in [7, 11) is 0. The zero-order valence-electron chi connectivity index (χ0n) is 12.6. The Morgan fingerprint density at radius 2 is 2.10 bits per heavy atom. The van der Waals surface area contributed by atoms with E-state index in [0.29, 0.717) is 38.3 Å². The average molecular weight is 299 g/mol. The molecule has 0 aromatic carbocycles. The quantitative estimate of drug-likeness (QED) is 0.854. The largest absolute Gasteiger partial charge is 0.378 e. The minimum atomic E-state index is -0.217. The SMILES string of the molecule is CC(NC1=NC(C(C)C)CCS1)C(=O)N1CCOCC1. The molecule has 0 saturated carbocycles. The third-order valence-corrected chi connectivity index (χ3v) is 4.67. The van der Waals surface area contributed by atoms with Crippen molar-refractivity contribution in [3.63, 3.8) is 0 Å². The summed E-state index contributed by atoms with van der Waals surface area (Å²) in [6.45, 7) is 8.99. The zero-order chi connectivity index (χ0) is 14.5. The van der Waals surface area contributed by atoms with Gasteiger partial charge in [0.25, 0.3) is 0 Å². The van der Waals surface area contributed by atoms with E-state index in [9.17, 15) is 4.79 Å². The molecule has 0 aromatic heterocycles. The van der Waals surface area contributed by atoms with Crippen LogP contribution in [0.2, 0.25) is 0 Å². The molecule has 2 aliphatic heterocycles. The van der Waals surface area contributed by atoms with E-state index in [2.05, 4.69) is 19.2 Å². The summed E-state index contributed by atoms with van der Waals surface area (Å²) in [5.74, 6) is 1.77. The van der Waals surface area contributed by atoms with Crippen LogP contribution in [0.25, 0.3) is 0 Å². The van der Waals surface area contributed by atoms with Gasteiger partial charge in [-0.1, -0.05) is 25.6 Å². The van der Waals surface area contributed by atoms with Gasteiger partial charge in [0.15, 0.2) is 5.17 Å². The third-order valence-electron chi connectivity index (χ3n) is 3.74. The van der Waals surface area contributed by atoms with E-state index in [1.54, 1.807) is 11.8 Å². The van der Waals surface area contributed by atoms with Crippen LogP contribution < -0.4 is 5.32 Å². The molecule has 0 radical (unpaired) electrons. The van der Waals surface area contributed by atoms with Crippen LogP contribution in [0.1, 0.15) is 27.2 Å². The van der Waals surface area contributed by atoms with Crippen LogP contribution in [0, 0.1) is 5.92 Å². The maximum absolute atomic E-state index is 12.3. The van der Waals surface area contributed by atoms with Crippen molar-refractivity contribution in [1.82, 2.24) is 10.2 Å². The molecular weight excluding hydrogens is 274 g/mol. The first-order chi connectivity index (χ1) is 9.58. The number of nitrogens with zero attached hydrogens (tertiary/aromatic N) is 2. The normalized spacial score (nSPS) is 25.3. The molecule has 2 aliphatic rings. The Balaban J connectivity index is 1.89. The molecule has 1 N–H and O–H groups in total. The third kappa shape index (κ3) is 4.12. The van der Waals surface area contributed by atoms with Crippen LogP contribution in [0.5, 0.6) is 0 Å². The predicted molar refractivity (Wildman–Crippen MR) is 83.1 cm³/mol. The maximum Gasteiger partial charge on any atom is 0.244 e. The Hall–Kier alpha value is -0.750. The summed E-state index contributed by atoms with van der Waals surface area (Å²) in [4.78, 5) is 18.9. The number of hydrogen-bond acceptors (Lipinski definition) is 5. The van der Waals surface area contributed by atoms with Crippen LogP contribution in [0.3, 0.4) is 0 Å². The molecule has 20 heavy (non-hydrogen) atoms. The number of amidine groups is 1. The fourth-order valence-corrected chi connectivity index (χ4v) is 3.42. The minimum absolute atomic E-state index is 0.142. The molecule has 5 nitrogen and oxygen atoms in total. The van der Waals surface area contributed by atoms with Crippen molar-refractivity contribution in [2.75, 3.05) is 32.1 Å². The standard InChI is InChI=1S/C14H25N3O2S/c1-10(2)12-4-9-20-14(16-12)15-11(3)13(18)17-5-7-19-8-6-17/h10-12H,4-9H2,1-3H3,(H,15,16). The van der Waals surface area contributed by atoms with Crippen LogP contribution in [0.4, 0.5) is 0 Å². The molecule has 2 rings (SSSR count). The first kappa shape index (κ1) is 15.6. The van der Waals surface area contributed by atoms with Gasteiger partial charge >= 0.3 is 0 Å². The van der Waals surface area contributed by atoms with Crippen molar-refractivity contribution < 1.29 is 9.53 Å². The lowest BCUT2D eigenvalue weighted by molar-refractivity contribution is -0.136. The van der Waals surface area contributed by atoms with Gasteiger partial charge in [-0.2, -0.15) is 0 Å². The number of rotatable bonds is 3. The molecule has 2 heterocycles. The highest BCUT2D eigenvalue weighted by Crippen LogP contribution is 2.21. The Bertz CT molecular complexity index is 367. The second-order valence-corrected chi connectivity index (χ2v) is 6.77. The summed E-state index contributed by atoms with van der Waals surface area (Å²) >= 11 is 1.72.